The number of halogens is 3. The molecule has 0 aliphatic rings. The Bertz CT molecular complexity index is 856. The van der Waals surface area contributed by atoms with E-state index in [4.69, 9.17) is 0 Å². The lowest BCUT2D eigenvalue weighted by atomic mass is 10.1. The predicted octanol–water partition coefficient (Wildman–Crippen LogP) is 4.46. The van der Waals surface area contributed by atoms with Gasteiger partial charge in [-0.05, 0) is 11.6 Å². The lowest BCUT2D eigenvalue weighted by Gasteiger charge is -2.21. The Hall–Kier alpha value is -2.13. The molecule has 1 aromatic carbocycles. The third kappa shape index (κ3) is 3.77. The van der Waals surface area contributed by atoms with E-state index in [1.165, 1.54) is 35.6 Å². The number of hydrogen-bond acceptors (Lipinski definition) is 5. The van der Waals surface area contributed by atoms with Crippen LogP contribution in [0.5, 0.6) is 0 Å². The molecule has 0 saturated carbocycles. The van der Waals surface area contributed by atoms with Crippen LogP contribution in [0.1, 0.15) is 21.3 Å². The Morgan fingerprint density at radius 2 is 1.88 bits per heavy atom. The van der Waals surface area contributed by atoms with Gasteiger partial charge < -0.3 is 10.2 Å². The highest BCUT2D eigenvalue weighted by Crippen LogP contribution is 2.36. The maximum absolute atomic E-state index is 13.3. The second-order valence-electron chi connectivity index (χ2n) is 5.53. The van der Waals surface area contributed by atoms with E-state index < -0.39 is 18.1 Å². The highest BCUT2D eigenvalue weighted by atomic mass is 32.1. The summed E-state index contributed by atoms with van der Waals surface area (Å²) in [4.78, 5) is 19.4. The fourth-order valence-electron chi connectivity index (χ4n) is 2.23. The second kappa shape index (κ2) is 6.64. The molecular weight excluding hydrogens is 371 g/mol. The van der Waals surface area contributed by atoms with Crippen LogP contribution in [0.4, 0.5) is 18.3 Å². The molecule has 132 valence electrons. The van der Waals surface area contributed by atoms with Gasteiger partial charge in [0.25, 0.3) is 5.91 Å². The number of thiazole rings is 1. The molecule has 9 heteroatoms. The Kier molecular flexibility index (Phi) is 4.70. The molecule has 0 aliphatic heterocycles. The van der Waals surface area contributed by atoms with Gasteiger partial charge in [0.15, 0.2) is 11.2 Å². The first kappa shape index (κ1) is 17.7. The van der Waals surface area contributed by atoms with Gasteiger partial charge >= 0.3 is 6.18 Å². The number of carbonyl (C=O) groups excluding carboxylic acids is 1. The van der Waals surface area contributed by atoms with E-state index in [9.17, 15) is 18.0 Å². The molecule has 0 saturated heterocycles. The number of carbonyl (C=O) groups is 1. The fraction of sp³-hybridized carbons (Fsp3) is 0.250. The van der Waals surface area contributed by atoms with E-state index in [1.54, 1.807) is 12.1 Å². The Balaban J connectivity index is 1.85. The third-order valence-electron chi connectivity index (χ3n) is 3.42. The lowest BCUT2D eigenvalue weighted by molar-refractivity contribution is -0.155. The van der Waals surface area contributed by atoms with Crippen molar-refractivity contribution >= 4 is 43.2 Å². The number of alkyl halides is 3. The molecule has 1 N–H and O–H groups in total. The van der Waals surface area contributed by atoms with Gasteiger partial charge in [-0.3, -0.25) is 4.79 Å². The summed E-state index contributed by atoms with van der Waals surface area (Å²) < 4.78 is 40.8. The fourth-order valence-corrected chi connectivity index (χ4v) is 4.27. The third-order valence-corrected chi connectivity index (χ3v) is 5.75. The number of benzene rings is 1. The van der Waals surface area contributed by atoms with E-state index in [-0.39, 0.29) is 10.4 Å². The van der Waals surface area contributed by atoms with Crippen molar-refractivity contribution in [1.82, 2.24) is 10.3 Å². The summed E-state index contributed by atoms with van der Waals surface area (Å²) in [5, 5.41) is 2.87. The van der Waals surface area contributed by atoms with Crippen molar-refractivity contribution in [3.05, 3.63) is 46.8 Å². The van der Waals surface area contributed by atoms with Crippen molar-refractivity contribution < 1.29 is 18.0 Å². The number of hydrogen-bond donors (Lipinski definition) is 1. The van der Waals surface area contributed by atoms with E-state index in [0.717, 1.165) is 21.2 Å². The van der Waals surface area contributed by atoms with Crippen LogP contribution in [0, 0.1) is 0 Å². The molecule has 0 fully saturated rings. The van der Waals surface area contributed by atoms with E-state index >= 15 is 0 Å². The summed E-state index contributed by atoms with van der Waals surface area (Å²) in [5.74, 6) is -0.757. The smallest absolute Gasteiger partial charge is 0.354 e. The monoisotopic (exact) mass is 385 g/mol. The standard InChI is InChI=1S/C16H14F3N3OS2/c1-22(2)15-21-14-11(25-15)8-10(24-14)13(23)20-12(16(17,18)19)9-6-4-3-5-7-9/h3-8,12H,1-2H3,(H,20,23). The molecule has 1 unspecified atom stereocenters. The molecule has 25 heavy (non-hydrogen) atoms. The van der Waals surface area contributed by atoms with Crippen molar-refractivity contribution in [2.75, 3.05) is 19.0 Å². The van der Waals surface area contributed by atoms with Gasteiger partial charge in [-0.25, -0.2) is 4.98 Å². The van der Waals surface area contributed by atoms with Crippen LogP contribution in [0.25, 0.3) is 9.53 Å². The minimum absolute atomic E-state index is 0.00487. The van der Waals surface area contributed by atoms with Crippen LogP contribution in [0.15, 0.2) is 36.4 Å². The molecule has 4 nitrogen and oxygen atoms in total. The maximum atomic E-state index is 13.3. The van der Waals surface area contributed by atoms with Gasteiger partial charge in [-0.2, -0.15) is 13.2 Å². The Morgan fingerprint density at radius 3 is 2.44 bits per heavy atom. The van der Waals surface area contributed by atoms with Crippen molar-refractivity contribution in [3.63, 3.8) is 0 Å². The normalized spacial score (nSPS) is 13.0. The molecule has 0 bridgehead atoms. The molecule has 0 spiro atoms. The molecule has 0 aliphatic carbocycles. The summed E-state index contributed by atoms with van der Waals surface area (Å²) >= 11 is 2.47. The molecule has 1 atom stereocenters. The number of rotatable bonds is 4. The van der Waals surface area contributed by atoms with E-state index in [0.29, 0.717) is 4.83 Å². The zero-order chi connectivity index (χ0) is 18.2. The Morgan fingerprint density at radius 1 is 1.20 bits per heavy atom. The van der Waals surface area contributed by atoms with Crippen LogP contribution in [-0.2, 0) is 0 Å². The highest BCUT2D eigenvalue weighted by molar-refractivity contribution is 7.29. The van der Waals surface area contributed by atoms with Gasteiger partial charge in [0, 0.05) is 14.1 Å². The summed E-state index contributed by atoms with van der Waals surface area (Å²) in [6, 6.07) is 6.86. The second-order valence-corrected chi connectivity index (χ2v) is 7.57. The lowest BCUT2D eigenvalue weighted by Crippen LogP contribution is -2.37. The van der Waals surface area contributed by atoms with Gasteiger partial charge in [0.2, 0.25) is 0 Å². The average molecular weight is 385 g/mol. The minimum Gasteiger partial charge on any atom is -0.354 e. The van der Waals surface area contributed by atoms with Gasteiger partial charge in [0.1, 0.15) is 4.83 Å². The molecule has 3 aromatic rings. The van der Waals surface area contributed by atoms with Crippen LogP contribution < -0.4 is 10.2 Å². The Labute approximate surface area is 149 Å². The zero-order valence-corrected chi connectivity index (χ0v) is 14.9. The van der Waals surface area contributed by atoms with Crippen molar-refractivity contribution in [2.24, 2.45) is 0 Å². The predicted molar refractivity (Wildman–Crippen MR) is 94.5 cm³/mol. The molecule has 1 amide bonds. The van der Waals surface area contributed by atoms with Crippen LogP contribution in [0.2, 0.25) is 0 Å². The van der Waals surface area contributed by atoms with E-state index in [2.05, 4.69) is 10.3 Å². The summed E-state index contributed by atoms with van der Waals surface area (Å²) in [5.41, 5.74) is -0.00487. The number of thiophene rings is 1. The number of amides is 1. The first-order valence-corrected chi connectivity index (χ1v) is 8.89. The first-order valence-electron chi connectivity index (χ1n) is 7.26. The summed E-state index contributed by atoms with van der Waals surface area (Å²) in [7, 11) is 3.70. The number of nitrogens with zero attached hydrogens (tertiary/aromatic N) is 2. The zero-order valence-electron chi connectivity index (χ0n) is 13.3. The molecular formula is C16H14F3N3OS2. The summed E-state index contributed by atoms with van der Waals surface area (Å²) in [6.45, 7) is 0. The van der Waals surface area contributed by atoms with Crippen LogP contribution >= 0.6 is 22.7 Å². The average Bonchev–Trinajstić information content (AvgIpc) is 3.11. The topological polar surface area (TPSA) is 45.2 Å². The van der Waals surface area contributed by atoms with Crippen LogP contribution in [0.3, 0.4) is 0 Å². The van der Waals surface area contributed by atoms with Gasteiger partial charge in [0.05, 0.1) is 9.58 Å². The first-order chi connectivity index (χ1) is 11.8. The maximum Gasteiger partial charge on any atom is 0.412 e. The number of anilines is 1. The van der Waals surface area contributed by atoms with Crippen LogP contribution in [-0.4, -0.2) is 31.2 Å². The van der Waals surface area contributed by atoms with Gasteiger partial charge in [-0.1, -0.05) is 41.7 Å². The van der Waals surface area contributed by atoms with E-state index in [1.807, 2.05) is 19.0 Å². The quantitative estimate of drug-likeness (QED) is 0.721. The molecule has 2 heterocycles. The molecule has 3 rings (SSSR count). The van der Waals surface area contributed by atoms with Crippen molar-refractivity contribution in [1.29, 1.82) is 0 Å². The SMILES string of the molecule is CN(C)c1nc2sc(C(=O)NC(c3ccccc3)C(F)(F)F)cc2s1. The minimum atomic E-state index is -4.58. The molecule has 0 radical (unpaired) electrons. The highest BCUT2D eigenvalue weighted by Gasteiger charge is 2.42. The van der Waals surface area contributed by atoms with Crippen molar-refractivity contribution in [3.8, 4) is 0 Å². The molecule has 2 aromatic heterocycles. The largest absolute Gasteiger partial charge is 0.412 e. The number of aromatic nitrogens is 1. The van der Waals surface area contributed by atoms with Crippen molar-refractivity contribution in [2.45, 2.75) is 12.2 Å². The summed E-state index contributed by atoms with van der Waals surface area (Å²) in [6.07, 6.45) is -4.58. The number of nitrogens with one attached hydrogen (secondary N) is 1. The van der Waals surface area contributed by atoms with Gasteiger partial charge in [-0.15, -0.1) is 11.3 Å². The number of fused-ring (bicyclic) bond motifs is 1.